The number of fused-ring (bicyclic) bond motifs is 2. The van der Waals surface area contributed by atoms with E-state index in [-0.39, 0.29) is 5.91 Å². The smallest absolute Gasteiger partial charge is 0.257 e. The first kappa shape index (κ1) is 14.2. The minimum atomic E-state index is -0.0854. The fourth-order valence-electron chi connectivity index (χ4n) is 3.29. The summed E-state index contributed by atoms with van der Waals surface area (Å²) >= 11 is 0. The van der Waals surface area contributed by atoms with Gasteiger partial charge >= 0.3 is 0 Å². The van der Waals surface area contributed by atoms with Crippen LogP contribution in [0.3, 0.4) is 0 Å². The number of nitrogens with one attached hydrogen (secondary N) is 1. The first-order chi connectivity index (χ1) is 11.2. The van der Waals surface area contributed by atoms with Crippen molar-refractivity contribution in [3.05, 3.63) is 52.8 Å². The second kappa shape index (κ2) is 5.66. The Bertz CT molecular complexity index is 773. The van der Waals surface area contributed by atoms with Crippen LogP contribution in [0.25, 0.3) is 0 Å². The number of nitrogens with zero attached hydrogens (tertiary/aromatic N) is 2. The van der Waals surface area contributed by atoms with E-state index in [1.807, 2.05) is 24.4 Å². The monoisotopic (exact) mass is 309 g/mol. The normalized spacial score (nSPS) is 16.4. The Balaban J connectivity index is 1.59. The Labute approximate surface area is 135 Å². The number of carbonyl (C=O) groups is 1. The third-order valence-electron chi connectivity index (χ3n) is 4.52. The molecule has 5 nitrogen and oxygen atoms in total. The fraction of sp³-hybridized carbons (Fsp3) is 0.333. The van der Waals surface area contributed by atoms with Gasteiger partial charge in [-0.05, 0) is 48.4 Å². The predicted octanol–water partition coefficient (Wildman–Crippen LogP) is 2.26. The summed E-state index contributed by atoms with van der Waals surface area (Å²) in [5, 5.41) is 3.00. The maximum Gasteiger partial charge on any atom is 0.257 e. The van der Waals surface area contributed by atoms with Gasteiger partial charge in [0.05, 0.1) is 12.2 Å². The Morgan fingerprint density at radius 3 is 3.09 bits per heavy atom. The van der Waals surface area contributed by atoms with Gasteiger partial charge < -0.3 is 15.0 Å². The summed E-state index contributed by atoms with van der Waals surface area (Å²) in [7, 11) is 2.09. The van der Waals surface area contributed by atoms with Gasteiger partial charge in [0.1, 0.15) is 5.75 Å². The van der Waals surface area contributed by atoms with E-state index in [2.05, 4.69) is 22.2 Å². The van der Waals surface area contributed by atoms with Gasteiger partial charge in [0.15, 0.2) is 0 Å². The maximum absolute atomic E-state index is 12.7. The number of amides is 1. The second-order valence-electron chi connectivity index (χ2n) is 6.19. The third-order valence-corrected chi connectivity index (χ3v) is 4.52. The van der Waals surface area contributed by atoms with Gasteiger partial charge in [0.25, 0.3) is 5.91 Å². The van der Waals surface area contributed by atoms with Crippen LogP contribution < -0.4 is 10.1 Å². The van der Waals surface area contributed by atoms with Gasteiger partial charge in [-0.15, -0.1) is 0 Å². The lowest BCUT2D eigenvalue weighted by Gasteiger charge is -2.26. The summed E-state index contributed by atoms with van der Waals surface area (Å²) in [6.45, 7) is 2.53. The lowest BCUT2D eigenvalue weighted by atomic mass is 9.97. The van der Waals surface area contributed by atoms with Crippen molar-refractivity contribution in [2.75, 3.05) is 25.5 Å². The lowest BCUT2D eigenvalue weighted by molar-refractivity contribution is 0.102. The Kier molecular flexibility index (Phi) is 3.50. The molecule has 4 rings (SSSR count). The molecule has 1 amide bonds. The van der Waals surface area contributed by atoms with E-state index in [9.17, 15) is 4.79 Å². The lowest BCUT2D eigenvalue weighted by Crippen LogP contribution is -2.29. The van der Waals surface area contributed by atoms with Gasteiger partial charge in [0, 0.05) is 37.6 Å². The number of ether oxygens (including phenoxy) is 1. The zero-order valence-corrected chi connectivity index (χ0v) is 13.1. The zero-order valence-electron chi connectivity index (χ0n) is 13.1. The number of aromatic nitrogens is 1. The zero-order chi connectivity index (χ0) is 15.8. The summed E-state index contributed by atoms with van der Waals surface area (Å²) < 4.78 is 5.50. The highest BCUT2D eigenvalue weighted by atomic mass is 16.5. The number of benzene rings is 1. The van der Waals surface area contributed by atoms with E-state index in [1.54, 1.807) is 6.20 Å². The Morgan fingerprint density at radius 1 is 1.26 bits per heavy atom. The summed E-state index contributed by atoms with van der Waals surface area (Å²) in [6.07, 6.45) is 5.33. The van der Waals surface area contributed by atoms with Crippen LogP contribution in [0.4, 0.5) is 5.69 Å². The highest BCUT2D eigenvalue weighted by Gasteiger charge is 2.21. The van der Waals surface area contributed by atoms with Crippen molar-refractivity contribution in [3.63, 3.8) is 0 Å². The van der Waals surface area contributed by atoms with Crippen LogP contribution in [0.1, 0.15) is 27.0 Å². The molecule has 0 atom stereocenters. The molecule has 5 heteroatoms. The van der Waals surface area contributed by atoms with Crippen LogP contribution in [0.15, 0.2) is 30.6 Å². The largest absolute Gasteiger partial charge is 0.493 e. The van der Waals surface area contributed by atoms with E-state index < -0.39 is 0 Å². The van der Waals surface area contributed by atoms with Crippen LogP contribution in [-0.4, -0.2) is 36.0 Å². The maximum atomic E-state index is 12.7. The van der Waals surface area contributed by atoms with Crippen molar-refractivity contribution in [1.29, 1.82) is 0 Å². The van der Waals surface area contributed by atoms with E-state index >= 15 is 0 Å². The van der Waals surface area contributed by atoms with Gasteiger partial charge in [-0.2, -0.15) is 0 Å². The molecule has 0 radical (unpaired) electrons. The van der Waals surface area contributed by atoms with Crippen molar-refractivity contribution in [1.82, 2.24) is 9.88 Å². The molecule has 118 valence electrons. The van der Waals surface area contributed by atoms with Gasteiger partial charge in [0.2, 0.25) is 0 Å². The van der Waals surface area contributed by atoms with E-state index in [0.29, 0.717) is 5.56 Å². The molecule has 2 aliphatic heterocycles. The SMILES string of the molecule is CN1CCc2c(cncc2C(=O)Nc2ccc3c(c2)CCO3)C1. The number of hydrogen-bond acceptors (Lipinski definition) is 4. The molecule has 2 aliphatic rings. The number of hydrogen-bond donors (Lipinski definition) is 1. The van der Waals surface area contributed by atoms with E-state index in [1.165, 1.54) is 0 Å². The third kappa shape index (κ3) is 2.68. The summed E-state index contributed by atoms with van der Waals surface area (Å²) in [6, 6.07) is 5.81. The first-order valence-electron chi connectivity index (χ1n) is 7.92. The number of carbonyl (C=O) groups excluding carboxylic acids is 1. The number of anilines is 1. The molecule has 1 aromatic heterocycles. The van der Waals surface area contributed by atoms with Crippen molar-refractivity contribution in [3.8, 4) is 5.75 Å². The highest BCUT2D eigenvalue weighted by molar-refractivity contribution is 6.05. The second-order valence-corrected chi connectivity index (χ2v) is 6.19. The average molecular weight is 309 g/mol. The average Bonchev–Trinajstić information content (AvgIpc) is 3.01. The van der Waals surface area contributed by atoms with Crippen LogP contribution in [0.5, 0.6) is 5.75 Å². The van der Waals surface area contributed by atoms with Crippen LogP contribution in [-0.2, 0) is 19.4 Å². The van der Waals surface area contributed by atoms with Gasteiger partial charge in [-0.25, -0.2) is 0 Å². The standard InChI is InChI=1S/C18H19N3O2/c1-21-6-4-15-13(11-21)9-19-10-16(15)18(22)20-14-2-3-17-12(8-14)5-7-23-17/h2-3,8-10H,4-7,11H2,1H3,(H,20,22). The quantitative estimate of drug-likeness (QED) is 0.924. The molecule has 0 aliphatic carbocycles. The molecule has 3 heterocycles. The molecular formula is C18H19N3O2. The molecule has 0 saturated heterocycles. The number of likely N-dealkylation sites (N-methyl/N-ethyl adjacent to an activating group) is 1. The molecule has 1 N–H and O–H groups in total. The van der Waals surface area contributed by atoms with Crippen LogP contribution in [0, 0.1) is 0 Å². The molecule has 0 unspecified atom stereocenters. The molecule has 23 heavy (non-hydrogen) atoms. The number of pyridine rings is 1. The highest BCUT2D eigenvalue weighted by Crippen LogP contribution is 2.28. The summed E-state index contributed by atoms with van der Waals surface area (Å²) in [5.41, 5.74) is 4.92. The summed E-state index contributed by atoms with van der Waals surface area (Å²) in [4.78, 5) is 19.2. The Hall–Kier alpha value is -2.40. The molecular weight excluding hydrogens is 290 g/mol. The predicted molar refractivity (Wildman–Crippen MR) is 87.9 cm³/mol. The van der Waals surface area contributed by atoms with Crippen molar-refractivity contribution >= 4 is 11.6 Å². The first-order valence-corrected chi connectivity index (χ1v) is 7.92. The van der Waals surface area contributed by atoms with Crippen molar-refractivity contribution < 1.29 is 9.53 Å². The molecule has 0 spiro atoms. The fourth-order valence-corrected chi connectivity index (χ4v) is 3.29. The molecule has 2 aromatic rings. The summed E-state index contributed by atoms with van der Waals surface area (Å²) in [5.74, 6) is 0.836. The van der Waals surface area contributed by atoms with Crippen LogP contribution >= 0.6 is 0 Å². The van der Waals surface area contributed by atoms with Crippen LogP contribution in [0.2, 0.25) is 0 Å². The molecule has 0 saturated carbocycles. The molecule has 0 bridgehead atoms. The molecule has 0 fully saturated rings. The molecule has 1 aromatic carbocycles. The van der Waals surface area contributed by atoms with Gasteiger partial charge in [-0.3, -0.25) is 9.78 Å². The van der Waals surface area contributed by atoms with Gasteiger partial charge in [-0.1, -0.05) is 0 Å². The van der Waals surface area contributed by atoms with E-state index in [4.69, 9.17) is 4.74 Å². The Morgan fingerprint density at radius 2 is 2.17 bits per heavy atom. The van der Waals surface area contributed by atoms with Crippen molar-refractivity contribution in [2.24, 2.45) is 0 Å². The minimum Gasteiger partial charge on any atom is -0.493 e. The van der Waals surface area contributed by atoms with E-state index in [0.717, 1.165) is 60.7 Å². The number of rotatable bonds is 2. The van der Waals surface area contributed by atoms with Crippen molar-refractivity contribution in [2.45, 2.75) is 19.4 Å². The topological polar surface area (TPSA) is 54.5 Å². The minimum absolute atomic E-state index is 0.0854.